The smallest absolute Gasteiger partial charge is 0.201 e. The molecule has 1 atom stereocenters. The number of allylic oxidation sites excluding steroid dienone is 2. The minimum Gasteiger partial charge on any atom is -0.491 e. The number of benzene rings is 3. The predicted molar refractivity (Wildman–Crippen MR) is 149 cm³/mol. The number of unbranched alkanes of at least 4 members (excludes halogenated alkanes) is 3. The lowest BCUT2D eigenvalue weighted by Gasteiger charge is -2.24. The molecular weight excluding hydrogens is 558 g/mol. The van der Waals surface area contributed by atoms with E-state index in [0.29, 0.717) is 24.8 Å². The predicted octanol–water partition coefficient (Wildman–Crippen LogP) is 9.81. The molecule has 0 amide bonds. The van der Waals surface area contributed by atoms with Crippen molar-refractivity contribution in [2.24, 2.45) is 0 Å². The third kappa shape index (κ3) is 7.05. The molecule has 0 fully saturated rings. The highest BCUT2D eigenvalue weighted by molar-refractivity contribution is 5.68. The van der Waals surface area contributed by atoms with E-state index >= 15 is 4.39 Å². The van der Waals surface area contributed by atoms with Crippen molar-refractivity contribution in [3.8, 4) is 17.2 Å². The van der Waals surface area contributed by atoms with Gasteiger partial charge in [-0.05, 0) is 80.0 Å². The van der Waals surface area contributed by atoms with E-state index in [1.807, 2.05) is 0 Å². The van der Waals surface area contributed by atoms with Crippen LogP contribution in [0.15, 0.2) is 42.5 Å². The molecule has 3 aromatic carbocycles. The van der Waals surface area contributed by atoms with Crippen LogP contribution in [-0.4, -0.2) is 13.2 Å². The maximum absolute atomic E-state index is 15.0. The first kappa shape index (κ1) is 31.3. The Bertz CT molecular complexity index is 1420. The number of rotatable bonds is 13. The summed E-state index contributed by atoms with van der Waals surface area (Å²) in [6, 6.07) is 8.03. The fourth-order valence-electron chi connectivity index (χ4n) is 5.04. The molecule has 0 aromatic heterocycles. The van der Waals surface area contributed by atoms with Crippen LogP contribution >= 0.6 is 0 Å². The van der Waals surface area contributed by atoms with Crippen LogP contribution in [0.5, 0.6) is 17.2 Å². The number of halogens is 6. The molecule has 1 aliphatic rings. The molecule has 4 rings (SSSR count). The topological polar surface area (TPSA) is 27.7 Å². The molecule has 3 nitrogen and oxygen atoms in total. The third-order valence-corrected chi connectivity index (χ3v) is 7.39. The highest BCUT2D eigenvalue weighted by atomic mass is 19.2. The van der Waals surface area contributed by atoms with E-state index in [4.69, 9.17) is 14.2 Å². The zero-order valence-electron chi connectivity index (χ0n) is 23.7. The van der Waals surface area contributed by atoms with Gasteiger partial charge in [0.1, 0.15) is 6.61 Å². The lowest BCUT2D eigenvalue weighted by molar-refractivity contribution is 0.269. The Kier molecular flexibility index (Phi) is 10.8. The number of hydrogen-bond donors (Lipinski definition) is 0. The molecule has 0 N–H and O–H groups in total. The van der Waals surface area contributed by atoms with Gasteiger partial charge in [-0.1, -0.05) is 38.3 Å². The minimum absolute atomic E-state index is 0.0225. The molecule has 0 spiro atoms. The van der Waals surface area contributed by atoms with E-state index in [0.717, 1.165) is 25.7 Å². The summed E-state index contributed by atoms with van der Waals surface area (Å²) in [5, 5.41) is 0. The van der Waals surface area contributed by atoms with Crippen molar-refractivity contribution in [3.63, 3.8) is 0 Å². The summed E-state index contributed by atoms with van der Waals surface area (Å²) in [6.45, 7) is 3.68. The summed E-state index contributed by atoms with van der Waals surface area (Å²) in [5.41, 5.74) is 0.583. The van der Waals surface area contributed by atoms with Gasteiger partial charge in [-0.25, -0.2) is 13.2 Å². The molecule has 0 radical (unpaired) electrons. The number of hydrogen-bond acceptors (Lipinski definition) is 3. The van der Waals surface area contributed by atoms with Gasteiger partial charge in [0, 0.05) is 11.1 Å². The van der Waals surface area contributed by atoms with Crippen molar-refractivity contribution in [2.45, 2.75) is 71.3 Å². The molecule has 0 saturated carbocycles. The molecular formula is C33H34F6O3. The second kappa shape index (κ2) is 14.5. The van der Waals surface area contributed by atoms with Crippen LogP contribution in [0, 0.1) is 34.9 Å². The van der Waals surface area contributed by atoms with Crippen LogP contribution in [0.4, 0.5) is 26.3 Å². The van der Waals surface area contributed by atoms with Crippen LogP contribution in [0.3, 0.4) is 0 Å². The molecule has 1 aliphatic carbocycles. The first-order valence-electron chi connectivity index (χ1n) is 14.3. The Labute approximate surface area is 242 Å². The Morgan fingerprint density at radius 2 is 1.33 bits per heavy atom. The second-order valence-electron chi connectivity index (χ2n) is 10.2. The van der Waals surface area contributed by atoms with Crippen LogP contribution in [0.1, 0.15) is 81.4 Å². The van der Waals surface area contributed by atoms with Gasteiger partial charge in [-0.15, -0.1) is 0 Å². The van der Waals surface area contributed by atoms with Gasteiger partial charge in [-0.2, -0.15) is 13.2 Å². The monoisotopic (exact) mass is 592 g/mol. The van der Waals surface area contributed by atoms with Crippen LogP contribution in [-0.2, 0) is 6.61 Å². The standard InChI is InChI=1S/C33H34F6O3/c1-3-5-6-7-18-41-26-15-12-22(28(34)31(26)37)19-42-27-17-14-24(30(36)33(27)39)21-10-8-20(9-11-21)23-13-16-25(40-4-2)32(38)29(23)35/h10,12-17,20H,3-9,11,18-19H2,1-2H3. The van der Waals surface area contributed by atoms with Crippen molar-refractivity contribution in [1.29, 1.82) is 0 Å². The molecule has 3 aromatic rings. The first-order valence-corrected chi connectivity index (χ1v) is 14.3. The summed E-state index contributed by atoms with van der Waals surface area (Å²) < 4.78 is 104. The SMILES string of the molecule is CCCCCCOc1ccc(COc2ccc(C3=CCC(c4ccc(OCC)c(F)c4F)CC3)c(F)c2F)c(F)c1F. The Morgan fingerprint density at radius 3 is 2.05 bits per heavy atom. The Balaban J connectivity index is 1.40. The summed E-state index contributed by atoms with van der Waals surface area (Å²) in [5.74, 6) is -7.91. The van der Waals surface area contributed by atoms with Crippen LogP contribution in [0.25, 0.3) is 5.57 Å². The van der Waals surface area contributed by atoms with Gasteiger partial charge >= 0.3 is 0 Å². The molecule has 226 valence electrons. The van der Waals surface area contributed by atoms with E-state index in [1.54, 1.807) is 13.0 Å². The summed E-state index contributed by atoms with van der Waals surface area (Å²) >= 11 is 0. The van der Waals surface area contributed by atoms with E-state index in [1.165, 1.54) is 36.4 Å². The van der Waals surface area contributed by atoms with E-state index < -0.39 is 47.3 Å². The van der Waals surface area contributed by atoms with Crippen molar-refractivity contribution < 1.29 is 40.6 Å². The highest BCUT2D eigenvalue weighted by Gasteiger charge is 2.26. The zero-order valence-corrected chi connectivity index (χ0v) is 23.7. The van der Waals surface area contributed by atoms with Gasteiger partial charge in [0.15, 0.2) is 34.7 Å². The molecule has 42 heavy (non-hydrogen) atoms. The molecule has 1 unspecified atom stereocenters. The van der Waals surface area contributed by atoms with Gasteiger partial charge in [0.05, 0.1) is 13.2 Å². The van der Waals surface area contributed by atoms with Crippen molar-refractivity contribution >= 4 is 5.57 Å². The fraction of sp³-hybridized carbons (Fsp3) is 0.394. The Morgan fingerprint density at radius 1 is 0.667 bits per heavy atom. The van der Waals surface area contributed by atoms with Crippen molar-refractivity contribution in [2.75, 3.05) is 13.2 Å². The maximum atomic E-state index is 15.0. The third-order valence-electron chi connectivity index (χ3n) is 7.39. The van der Waals surface area contributed by atoms with Crippen molar-refractivity contribution in [3.05, 3.63) is 94.1 Å². The average Bonchev–Trinajstić information content (AvgIpc) is 2.99. The van der Waals surface area contributed by atoms with E-state index in [-0.39, 0.29) is 47.3 Å². The first-order chi connectivity index (χ1) is 20.3. The van der Waals surface area contributed by atoms with Crippen LogP contribution < -0.4 is 14.2 Å². The highest BCUT2D eigenvalue weighted by Crippen LogP contribution is 2.40. The lowest BCUT2D eigenvalue weighted by Crippen LogP contribution is -2.09. The zero-order chi connectivity index (χ0) is 30.2. The molecule has 0 saturated heterocycles. The van der Waals surface area contributed by atoms with Crippen LogP contribution in [0.2, 0.25) is 0 Å². The summed E-state index contributed by atoms with van der Waals surface area (Å²) in [6.07, 6.45) is 6.43. The fourth-order valence-corrected chi connectivity index (χ4v) is 5.04. The van der Waals surface area contributed by atoms with E-state index in [9.17, 15) is 22.0 Å². The summed E-state index contributed by atoms with van der Waals surface area (Å²) in [7, 11) is 0. The lowest BCUT2D eigenvalue weighted by atomic mass is 9.82. The van der Waals surface area contributed by atoms with Crippen molar-refractivity contribution in [1.82, 2.24) is 0 Å². The molecule has 9 heteroatoms. The largest absolute Gasteiger partial charge is 0.491 e. The maximum Gasteiger partial charge on any atom is 0.201 e. The van der Waals surface area contributed by atoms with Gasteiger partial charge < -0.3 is 14.2 Å². The number of ether oxygens (including phenoxy) is 3. The molecule has 0 heterocycles. The van der Waals surface area contributed by atoms with Gasteiger partial charge in [-0.3, -0.25) is 0 Å². The summed E-state index contributed by atoms with van der Waals surface area (Å²) in [4.78, 5) is 0. The minimum atomic E-state index is -1.26. The van der Waals surface area contributed by atoms with Gasteiger partial charge in [0.2, 0.25) is 17.5 Å². The van der Waals surface area contributed by atoms with Gasteiger partial charge in [0.25, 0.3) is 0 Å². The average molecular weight is 593 g/mol. The van der Waals surface area contributed by atoms with E-state index in [2.05, 4.69) is 6.92 Å². The Hall–Kier alpha value is -3.62. The quantitative estimate of drug-likeness (QED) is 0.146. The molecule has 0 bridgehead atoms. The second-order valence-corrected chi connectivity index (χ2v) is 10.2. The molecule has 0 aliphatic heterocycles. The normalized spacial score (nSPS) is 15.0.